The van der Waals surface area contributed by atoms with E-state index in [-0.39, 0.29) is 11.9 Å². The predicted molar refractivity (Wildman–Crippen MR) is 77.1 cm³/mol. The standard InChI is InChI=1S/C15H13NO2S/c16-15(17)18-8-9-4-3-7-11-10-5-1-2-6-12(10)14(19)13(9)11/h1-7,14,19H,8H2,(H2,16,17). The van der Waals surface area contributed by atoms with Gasteiger partial charge in [0.2, 0.25) is 0 Å². The smallest absolute Gasteiger partial charge is 0.404 e. The third-order valence-corrected chi connectivity index (χ3v) is 3.92. The van der Waals surface area contributed by atoms with Crippen molar-refractivity contribution in [1.29, 1.82) is 0 Å². The zero-order valence-electron chi connectivity index (χ0n) is 10.2. The van der Waals surface area contributed by atoms with Crippen LogP contribution in [0.2, 0.25) is 0 Å². The van der Waals surface area contributed by atoms with Crippen LogP contribution in [0.1, 0.15) is 21.9 Å². The van der Waals surface area contributed by atoms with E-state index in [9.17, 15) is 4.79 Å². The molecule has 1 aliphatic carbocycles. The van der Waals surface area contributed by atoms with Crippen LogP contribution in [0.4, 0.5) is 4.79 Å². The van der Waals surface area contributed by atoms with E-state index in [1.165, 1.54) is 11.1 Å². The van der Waals surface area contributed by atoms with Crippen molar-refractivity contribution in [2.24, 2.45) is 5.73 Å². The molecule has 2 aromatic rings. The molecule has 0 aromatic heterocycles. The number of primary amides is 1. The van der Waals surface area contributed by atoms with Crippen LogP contribution >= 0.6 is 12.6 Å². The van der Waals surface area contributed by atoms with Crippen LogP contribution in [0.25, 0.3) is 11.1 Å². The molecule has 1 aliphatic rings. The summed E-state index contributed by atoms with van der Waals surface area (Å²) in [6.07, 6.45) is -0.760. The highest BCUT2D eigenvalue weighted by molar-refractivity contribution is 7.80. The number of hydrogen-bond donors (Lipinski definition) is 2. The Morgan fingerprint density at radius 2 is 1.89 bits per heavy atom. The first-order chi connectivity index (χ1) is 9.18. The molecular weight excluding hydrogens is 258 g/mol. The van der Waals surface area contributed by atoms with Crippen LogP contribution in [0.15, 0.2) is 42.5 Å². The van der Waals surface area contributed by atoms with Gasteiger partial charge in [-0.05, 0) is 27.8 Å². The van der Waals surface area contributed by atoms with Gasteiger partial charge in [-0.25, -0.2) is 4.79 Å². The first-order valence-corrected chi connectivity index (χ1v) is 6.51. The summed E-state index contributed by atoms with van der Waals surface area (Å²) in [5.41, 5.74) is 10.6. The third kappa shape index (κ3) is 1.98. The molecule has 1 atom stereocenters. The second-order valence-electron chi connectivity index (χ2n) is 4.48. The largest absolute Gasteiger partial charge is 0.445 e. The monoisotopic (exact) mass is 271 g/mol. The van der Waals surface area contributed by atoms with E-state index in [0.29, 0.717) is 0 Å². The maximum Gasteiger partial charge on any atom is 0.404 e. The van der Waals surface area contributed by atoms with Crippen molar-refractivity contribution in [2.45, 2.75) is 11.9 Å². The predicted octanol–water partition coefficient (Wildman–Crippen LogP) is 3.28. The van der Waals surface area contributed by atoms with Gasteiger partial charge in [-0.15, -0.1) is 0 Å². The second-order valence-corrected chi connectivity index (χ2v) is 4.99. The second kappa shape index (κ2) is 4.63. The van der Waals surface area contributed by atoms with Crippen molar-refractivity contribution in [3.8, 4) is 11.1 Å². The molecule has 0 saturated heterocycles. The van der Waals surface area contributed by atoms with Gasteiger partial charge in [0.25, 0.3) is 0 Å². The molecule has 2 aromatic carbocycles. The van der Waals surface area contributed by atoms with Crippen molar-refractivity contribution < 1.29 is 9.53 Å². The molecule has 19 heavy (non-hydrogen) atoms. The topological polar surface area (TPSA) is 52.3 Å². The number of benzene rings is 2. The molecule has 0 radical (unpaired) electrons. The lowest BCUT2D eigenvalue weighted by Gasteiger charge is -2.12. The van der Waals surface area contributed by atoms with Gasteiger partial charge in [-0.3, -0.25) is 0 Å². The Balaban J connectivity index is 2.08. The molecular formula is C15H13NO2S. The van der Waals surface area contributed by atoms with Gasteiger partial charge < -0.3 is 10.5 Å². The van der Waals surface area contributed by atoms with Gasteiger partial charge in [-0.2, -0.15) is 12.6 Å². The Hall–Kier alpha value is -1.94. The van der Waals surface area contributed by atoms with Crippen LogP contribution in [-0.4, -0.2) is 6.09 Å². The van der Waals surface area contributed by atoms with E-state index in [1.807, 2.05) is 24.3 Å². The molecule has 0 spiro atoms. The van der Waals surface area contributed by atoms with E-state index in [4.69, 9.17) is 23.1 Å². The number of rotatable bonds is 2. The Morgan fingerprint density at radius 3 is 2.68 bits per heavy atom. The highest BCUT2D eigenvalue weighted by Crippen LogP contribution is 2.47. The Labute approximate surface area is 116 Å². The fraction of sp³-hybridized carbons (Fsp3) is 0.133. The van der Waals surface area contributed by atoms with Crippen molar-refractivity contribution in [3.05, 3.63) is 59.2 Å². The van der Waals surface area contributed by atoms with E-state index in [1.54, 1.807) is 0 Å². The zero-order chi connectivity index (χ0) is 13.4. The van der Waals surface area contributed by atoms with Crippen LogP contribution < -0.4 is 5.73 Å². The number of amides is 1. The first-order valence-electron chi connectivity index (χ1n) is 6.00. The summed E-state index contributed by atoms with van der Waals surface area (Å²) in [4.78, 5) is 10.8. The molecule has 0 heterocycles. The molecule has 3 rings (SSSR count). The molecule has 2 N–H and O–H groups in total. The molecule has 1 unspecified atom stereocenters. The maximum absolute atomic E-state index is 10.8. The quantitative estimate of drug-likeness (QED) is 0.824. The van der Waals surface area contributed by atoms with Gasteiger partial charge in [-0.1, -0.05) is 42.5 Å². The first kappa shape index (κ1) is 12.1. The number of thiol groups is 1. The SMILES string of the molecule is NC(=O)OCc1cccc2c1C(S)c1ccccc1-2. The molecule has 3 nitrogen and oxygen atoms in total. The zero-order valence-corrected chi connectivity index (χ0v) is 11.1. The van der Waals surface area contributed by atoms with Gasteiger partial charge in [0, 0.05) is 0 Å². The minimum absolute atomic E-state index is 0.0128. The molecule has 1 amide bonds. The summed E-state index contributed by atoms with van der Waals surface area (Å²) in [5, 5.41) is 0.0128. The minimum atomic E-state index is -0.760. The lowest BCUT2D eigenvalue weighted by Crippen LogP contribution is -2.13. The Bertz CT molecular complexity index is 654. The average Bonchev–Trinajstić information content (AvgIpc) is 2.71. The molecule has 4 heteroatoms. The fourth-order valence-electron chi connectivity index (χ4n) is 2.58. The number of fused-ring (bicyclic) bond motifs is 3. The summed E-state index contributed by atoms with van der Waals surface area (Å²) < 4.78 is 4.91. The van der Waals surface area contributed by atoms with Crippen molar-refractivity contribution in [2.75, 3.05) is 0 Å². The lowest BCUT2D eigenvalue weighted by atomic mass is 10.0. The third-order valence-electron chi connectivity index (χ3n) is 3.39. The maximum atomic E-state index is 10.8. The van der Waals surface area contributed by atoms with E-state index >= 15 is 0 Å². The van der Waals surface area contributed by atoms with E-state index < -0.39 is 6.09 Å². The summed E-state index contributed by atoms with van der Waals surface area (Å²) >= 11 is 4.69. The van der Waals surface area contributed by atoms with Crippen LogP contribution in [0.5, 0.6) is 0 Å². The van der Waals surface area contributed by atoms with Crippen LogP contribution in [0, 0.1) is 0 Å². The molecule has 0 aliphatic heterocycles. The van der Waals surface area contributed by atoms with Crippen molar-refractivity contribution in [3.63, 3.8) is 0 Å². The molecule has 0 bridgehead atoms. The van der Waals surface area contributed by atoms with E-state index in [0.717, 1.165) is 16.7 Å². The highest BCUT2D eigenvalue weighted by atomic mass is 32.1. The molecule has 96 valence electrons. The van der Waals surface area contributed by atoms with Crippen molar-refractivity contribution in [1.82, 2.24) is 0 Å². The Kier molecular flexibility index (Phi) is 2.95. The molecule has 0 fully saturated rings. The van der Waals surface area contributed by atoms with Gasteiger partial charge in [0.1, 0.15) is 6.61 Å². The summed E-state index contributed by atoms with van der Waals surface area (Å²) in [6.45, 7) is 0.184. The number of carbonyl (C=O) groups excluding carboxylic acids is 1. The summed E-state index contributed by atoms with van der Waals surface area (Å²) in [6, 6.07) is 14.2. The lowest BCUT2D eigenvalue weighted by molar-refractivity contribution is 0.150. The fourth-order valence-corrected chi connectivity index (χ4v) is 3.11. The highest BCUT2D eigenvalue weighted by Gasteiger charge is 2.28. The van der Waals surface area contributed by atoms with Gasteiger partial charge in [0.05, 0.1) is 5.25 Å². The van der Waals surface area contributed by atoms with Crippen LogP contribution in [-0.2, 0) is 11.3 Å². The van der Waals surface area contributed by atoms with Gasteiger partial charge in [0.15, 0.2) is 0 Å². The van der Waals surface area contributed by atoms with E-state index in [2.05, 4.69) is 18.2 Å². The summed E-state index contributed by atoms with van der Waals surface area (Å²) in [7, 11) is 0. The summed E-state index contributed by atoms with van der Waals surface area (Å²) in [5.74, 6) is 0. The number of ether oxygens (including phenoxy) is 1. The number of hydrogen-bond acceptors (Lipinski definition) is 3. The Morgan fingerprint density at radius 1 is 1.16 bits per heavy atom. The molecule has 0 saturated carbocycles. The van der Waals surface area contributed by atoms with Crippen LogP contribution in [0.3, 0.4) is 0 Å². The van der Waals surface area contributed by atoms with Crippen molar-refractivity contribution >= 4 is 18.7 Å². The minimum Gasteiger partial charge on any atom is -0.445 e. The number of nitrogens with two attached hydrogens (primary N) is 1. The number of carbonyl (C=O) groups is 1. The van der Waals surface area contributed by atoms with Gasteiger partial charge >= 0.3 is 6.09 Å². The average molecular weight is 271 g/mol. The normalized spacial score (nSPS) is 15.7.